The molecule has 0 spiro atoms. The van der Waals surface area contributed by atoms with Crippen LogP contribution in [0.3, 0.4) is 0 Å². The standard InChI is InChI=1S/C23H26N6OS/c1-14(15-9-7-6-8-10-15)27-30-12-17-25-20-18-16-11-22(2,3)28-23(4,5)19(16)31-21(18)24-13-29(20)26-17/h6-10,13,28H,11-12H2,1-5H3/b27-14-. The number of fused-ring (bicyclic) bond motifs is 5. The van der Waals surface area contributed by atoms with Crippen LogP contribution >= 0.6 is 11.3 Å². The quantitative estimate of drug-likeness (QED) is 0.380. The highest BCUT2D eigenvalue weighted by atomic mass is 32.1. The summed E-state index contributed by atoms with van der Waals surface area (Å²) in [6, 6.07) is 9.96. The van der Waals surface area contributed by atoms with Crippen LogP contribution < -0.4 is 5.32 Å². The van der Waals surface area contributed by atoms with Crippen LogP contribution in [0.25, 0.3) is 15.9 Å². The van der Waals surface area contributed by atoms with Crippen LogP contribution in [0.15, 0.2) is 41.8 Å². The number of aromatic nitrogens is 4. The number of hydrogen-bond donors (Lipinski definition) is 1. The first-order valence-electron chi connectivity index (χ1n) is 10.4. The van der Waals surface area contributed by atoms with Crippen molar-refractivity contribution in [3.05, 3.63) is 58.5 Å². The number of oxime groups is 1. The predicted molar refractivity (Wildman–Crippen MR) is 124 cm³/mol. The largest absolute Gasteiger partial charge is 0.387 e. The Bertz CT molecular complexity index is 1300. The molecule has 160 valence electrons. The highest BCUT2D eigenvalue weighted by Gasteiger charge is 2.39. The van der Waals surface area contributed by atoms with Gasteiger partial charge in [-0.25, -0.2) is 14.5 Å². The molecule has 0 atom stereocenters. The smallest absolute Gasteiger partial charge is 0.192 e. The molecular weight excluding hydrogens is 408 g/mol. The topological polar surface area (TPSA) is 76.7 Å². The molecule has 4 aromatic rings. The SMILES string of the molecule is C/C(=N/OCc1nc2c3c4c(sc3ncn2n1)C(C)(C)NC(C)(C)C4)c1ccccc1. The Morgan fingerprint density at radius 3 is 2.77 bits per heavy atom. The van der Waals surface area contributed by atoms with Gasteiger partial charge in [-0.05, 0) is 52.2 Å². The molecular formula is C23H26N6OS. The number of rotatable bonds is 4. The summed E-state index contributed by atoms with van der Waals surface area (Å²) in [7, 11) is 0. The molecule has 3 aromatic heterocycles. The molecule has 4 heterocycles. The van der Waals surface area contributed by atoms with Crippen LogP contribution in [0.5, 0.6) is 0 Å². The minimum atomic E-state index is -0.116. The Morgan fingerprint density at radius 1 is 1.23 bits per heavy atom. The van der Waals surface area contributed by atoms with Crippen molar-refractivity contribution < 1.29 is 4.84 Å². The van der Waals surface area contributed by atoms with E-state index in [2.05, 4.69) is 48.3 Å². The van der Waals surface area contributed by atoms with Gasteiger partial charge in [-0.2, -0.15) is 0 Å². The van der Waals surface area contributed by atoms with E-state index in [1.54, 1.807) is 22.2 Å². The summed E-state index contributed by atoms with van der Waals surface area (Å²) in [5.41, 5.74) is 3.88. The van der Waals surface area contributed by atoms with E-state index in [0.29, 0.717) is 5.82 Å². The third-order valence-corrected chi connectivity index (χ3v) is 7.06. The second-order valence-corrected chi connectivity index (χ2v) is 10.3. The number of nitrogens with one attached hydrogen (secondary N) is 1. The highest BCUT2D eigenvalue weighted by molar-refractivity contribution is 7.19. The number of hydrogen-bond acceptors (Lipinski definition) is 7. The summed E-state index contributed by atoms with van der Waals surface area (Å²) in [6.07, 6.45) is 2.66. The van der Waals surface area contributed by atoms with Crippen molar-refractivity contribution in [1.29, 1.82) is 0 Å². The monoisotopic (exact) mass is 434 g/mol. The lowest BCUT2D eigenvalue weighted by Gasteiger charge is -2.42. The van der Waals surface area contributed by atoms with Crippen LogP contribution in [0.2, 0.25) is 0 Å². The number of thiophene rings is 1. The molecule has 1 N–H and O–H groups in total. The van der Waals surface area contributed by atoms with Gasteiger partial charge in [-0.3, -0.25) is 0 Å². The van der Waals surface area contributed by atoms with E-state index in [0.717, 1.165) is 33.6 Å². The van der Waals surface area contributed by atoms with Gasteiger partial charge in [-0.1, -0.05) is 35.5 Å². The van der Waals surface area contributed by atoms with Crippen molar-refractivity contribution in [2.45, 2.75) is 58.7 Å². The molecule has 7 nitrogen and oxygen atoms in total. The molecule has 5 rings (SSSR count). The zero-order valence-electron chi connectivity index (χ0n) is 18.4. The summed E-state index contributed by atoms with van der Waals surface area (Å²) < 4.78 is 1.75. The first-order valence-corrected chi connectivity index (χ1v) is 11.2. The van der Waals surface area contributed by atoms with Gasteiger partial charge in [0.15, 0.2) is 18.1 Å². The molecule has 1 aliphatic rings. The minimum Gasteiger partial charge on any atom is -0.387 e. The van der Waals surface area contributed by atoms with Crippen LogP contribution in [0.4, 0.5) is 0 Å². The van der Waals surface area contributed by atoms with Crippen molar-refractivity contribution in [3.8, 4) is 0 Å². The van der Waals surface area contributed by atoms with Crippen molar-refractivity contribution in [2.24, 2.45) is 5.16 Å². The van der Waals surface area contributed by atoms with Gasteiger partial charge in [-0.15, -0.1) is 16.4 Å². The Kier molecular flexibility index (Phi) is 4.60. The molecule has 1 aromatic carbocycles. The van der Waals surface area contributed by atoms with E-state index in [9.17, 15) is 0 Å². The molecule has 0 amide bonds. The van der Waals surface area contributed by atoms with Crippen LogP contribution in [-0.2, 0) is 23.4 Å². The summed E-state index contributed by atoms with van der Waals surface area (Å²) >= 11 is 1.74. The average Bonchev–Trinajstić information content (AvgIpc) is 3.28. The van der Waals surface area contributed by atoms with E-state index in [4.69, 9.17) is 9.82 Å². The van der Waals surface area contributed by atoms with Crippen molar-refractivity contribution in [3.63, 3.8) is 0 Å². The number of nitrogens with zero attached hydrogens (tertiary/aromatic N) is 5. The molecule has 0 fully saturated rings. The van der Waals surface area contributed by atoms with E-state index in [1.807, 2.05) is 37.3 Å². The predicted octanol–water partition coefficient (Wildman–Crippen LogP) is 4.44. The Hall–Kier alpha value is -2.84. The van der Waals surface area contributed by atoms with Gasteiger partial charge in [0.05, 0.1) is 11.1 Å². The maximum atomic E-state index is 5.56. The first-order chi connectivity index (χ1) is 14.7. The van der Waals surface area contributed by atoms with Crippen LogP contribution in [-0.4, -0.2) is 30.8 Å². The fourth-order valence-electron chi connectivity index (χ4n) is 4.54. The Balaban J connectivity index is 1.49. The Labute approximate surface area is 185 Å². The van der Waals surface area contributed by atoms with E-state index >= 15 is 0 Å². The lowest BCUT2D eigenvalue weighted by Crippen LogP contribution is -2.54. The third-order valence-electron chi connectivity index (χ3n) is 5.60. The first kappa shape index (κ1) is 20.1. The van der Waals surface area contributed by atoms with Gasteiger partial charge in [0.25, 0.3) is 0 Å². The average molecular weight is 435 g/mol. The van der Waals surface area contributed by atoms with Crippen LogP contribution in [0, 0.1) is 0 Å². The molecule has 1 aliphatic heterocycles. The minimum absolute atomic E-state index is 0.00697. The highest BCUT2D eigenvalue weighted by Crippen LogP contribution is 2.44. The normalized spacial score (nSPS) is 17.8. The zero-order valence-corrected chi connectivity index (χ0v) is 19.2. The molecule has 8 heteroatoms. The molecule has 0 aliphatic carbocycles. The van der Waals surface area contributed by atoms with Gasteiger partial charge in [0.1, 0.15) is 11.2 Å². The summed E-state index contributed by atoms with van der Waals surface area (Å²) in [6.45, 7) is 11.1. The maximum absolute atomic E-state index is 5.56. The third kappa shape index (κ3) is 3.59. The fourth-order valence-corrected chi connectivity index (χ4v) is 5.75. The Morgan fingerprint density at radius 2 is 2.00 bits per heavy atom. The lowest BCUT2D eigenvalue weighted by atomic mass is 9.82. The second kappa shape index (κ2) is 7.10. The molecule has 0 unspecified atom stereocenters. The van der Waals surface area contributed by atoms with Crippen LogP contribution in [0.1, 0.15) is 56.4 Å². The number of benzene rings is 1. The summed E-state index contributed by atoms with van der Waals surface area (Å²) in [5, 5.41) is 13.7. The fraction of sp³-hybridized carbons (Fsp3) is 0.391. The molecule has 0 bridgehead atoms. The lowest BCUT2D eigenvalue weighted by molar-refractivity contribution is 0.125. The summed E-state index contributed by atoms with van der Waals surface area (Å²) in [4.78, 5) is 17.3. The maximum Gasteiger partial charge on any atom is 0.192 e. The van der Waals surface area contributed by atoms with Crippen molar-refractivity contribution in [2.75, 3.05) is 0 Å². The van der Waals surface area contributed by atoms with Crippen molar-refractivity contribution in [1.82, 2.24) is 24.9 Å². The van der Waals surface area contributed by atoms with Gasteiger partial charge in [0, 0.05) is 16.0 Å². The molecule has 0 radical (unpaired) electrons. The zero-order chi connectivity index (χ0) is 21.8. The van der Waals surface area contributed by atoms with E-state index in [-0.39, 0.29) is 17.7 Å². The van der Waals surface area contributed by atoms with E-state index in [1.165, 1.54) is 10.4 Å². The molecule has 31 heavy (non-hydrogen) atoms. The van der Waals surface area contributed by atoms with Gasteiger partial charge < -0.3 is 10.2 Å². The second-order valence-electron chi connectivity index (χ2n) is 9.26. The van der Waals surface area contributed by atoms with Crippen molar-refractivity contribution >= 4 is 32.9 Å². The molecule has 0 saturated carbocycles. The summed E-state index contributed by atoms with van der Waals surface area (Å²) in [5.74, 6) is 0.589. The molecule has 0 saturated heterocycles. The van der Waals surface area contributed by atoms with Gasteiger partial charge in [0.2, 0.25) is 0 Å². The van der Waals surface area contributed by atoms with Gasteiger partial charge >= 0.3 is 0 Å². The van der Waals surface area contributed by atoms with E-state index < -0.39 is 0 Å².